The highest BCUT2D eigenvalue weighted by Gasteiger charge is 2.48. The van der Waals surface area contributed by atoms with E-state index in [0.29, 0.717) is 15.2 Å². The second-order valence-corrected chi connectivity index (χ2v) is 9.26. The van der Waals surface area contributed by atoms with Gasteiger partial charge in [-0.2, -0.15) is 11.3 Å². The van der Waals surface area contributed by atoms with Gasteiger partial charge in [0.25, 0.3) is 0 Å². The number of Topliss-reactive ketones (excluding diaryl/α,β-unsaturated/α-hetero) is 1. The third-order valence-electron chi connectivity index (χ3n) is 4.25. The maximum Gasteiger partial charge on any atom is 0.242 e. The predicted molar refractivity (Wildman–Crippen MR) is 119 cm³/mol. The summed E-state index contributed by atoms with van der Waals surface area (Å²) >= 11 is 12.0. The van der Waals surface area contributed by atoms with Gasteiger partial charge in [-0.1, -0.05) is 36.9 Å². The smallest absolute Gasteiger partial charge is 0.242 e. The molecule has 0 spiro atoms. The Hall–Kier alpha value is -1.67. The quantitative estimate of drug-likeness (QED) is 0.341. The molecule has 0 radical (unpaired) electrons. The van der Waals surface area contributed by atoms with E-state index >= 15 is 0 Å². The van der Waals surface area contributed by atoms with Gasteiger partial charge in [0.15, 0.2) is 5.78 Å². The van der Waals surface area contributed by atoms with Gasteiger partial charge in [0.2, 0.25) is 5.91 Å². The molecule has 144 valence electrons. The summed E-state index contributed by atoms with van der Waals surface area (Å²) < 4.78 is 0.632. The molecular formula is C20H16BrClN2O2S2. The second kappa shape index (κ2) is 8.78. The first kappa shape index (κ1) is 21.0. The second-order valence-electron chi connectivity index (χ2n) is 6.06. The molecule has 0 aliphatic carbocycles. The number of thiophene rings is 1. The van der Waals surface area contributed by atoms with Gasteiger partial charge < -0.3 is 5.32 Å². The lowest BCUT2D eigenvalue weighted by Gasteiger charge is -2.39. The first-order chi connectivity index (χ1) is 13.4. The third-order valence-corrected chi connectivity index (χ3v) is 7.04. The van der Waals surface area contributed by atoms with Gasteiger partial charge in [0.05, 0.1) is 5.69 Å². The van der Waals surface area contributed by atoms with Crippen LogP contribution < -0.4 is 5.32 Å². The number of ketones is 1. The molecule has 1 amide bonds. The lowest BCUT2D eigenvalue weighted by Crippen LogP contribution is -2.58. The molecule has 0 aromatic carbocycles. The van der Waals surface area contributed by atoms with E-state index in [9.17, 15) is 9.59 Å². The van der Waals surface area contributed by atoms with Crippen LogP contribution in [0.25, 0.3) is 0 Å². The van der Waals surface area contributed by atoms with E-state index in [1.807, 2.05) is 29.0 Å². The van der Waals surface area contributed by atoms with Crippen molar-refractivity contribution in [1.82, 2.24) is 10.3 Å². The normalized spacial score (nSPS) is 22.6. The van der Waals surface area contributed by atoms with E-state index in [4.69, 9.17) is 11.6 Å². The van der Waals surface area contributed by atoms with Crippen LogP contribution in [-0.4, -0.2) is 21.9 Å². The third kappa shape index (κ3) is 4.17. The number of carbonyl (C=O) groups is 2. The van der Waals surface area contributed by atoms with E-state index in [1.54, 1.807) is 18.2 Å². The predicted octanol–water partition coefficient (Wildman–Crippen LogP) is 5.16. The van der Waals surface area contributed by atoms with E-state index in [-0.39, 0.29) is 23.1 Å². The topological polar surface area (TPSA) is 59.1 Å². The highest BCUT2D eigenvalue weighted by atomic mass is 79.9. The van der Waals surface area contributed by atoms with Gasteiger partial charge in [-0.3, -0.25) is 9.59 Å². The lowest BCUT2D eigenvalue weighted by atomic mass is 9.79. The molecule has 2 unspecified atom stereocenters. The van der Waals surface area contributed by atoms with E-state index in [2.05, 4.69) is 39.4 Å². The van der Waals surface area contributed by atoms with Crippen LogP contribution in [0, 0.1) is 0 Å². The van der Waals surface area contributed by atoms with Crippen LogP contribution in [0.15, 0.2) is 74.9 Å². The molecule has 3 rings (SSSR count). The highest BCUT2D eigenvalue weighted by molar-refractivity contribution is 9.10. The maximum absolute atomic E-state index is 13.1. The summed E-state index contributed by atoms with van der Waals surface area (Å²) in [6, 6.07) is 7.35. The summed E-state index contributed by atoms with van der Waals surface area (Å²) in [7, 11) is 0. The van der Waals surface area contributed by atoms with E-state index in [1.165, 1.54) is 11.3 Å². The van der Waals surface area contributed by atoms with Gasteiger partial charge in [-0.05, 0) is 56.5 Å². The number of nitrogens with zero attached hydrogens (tertiary/aromatic N) is 1. The molecule has 1 saturated heterocycles. The molecule has 2 aromatic heterocycles. The minimum atomic E-state index is -1.00. The van der Waals surface area contributed by atoms with Crippen molar-refractivity contribution in [3.8, 4) is 0 Å². The van der Waals surface area contributed by atoms with Crippen LogP contribution >= 0.6 is 50.6 Å². The SMILES string of the molecule is C=C/C=C(/SC1C(=O)CC(c2ccsc2)(c2cccc(Br)n2)NC1=O)C(=C)Cl. The molecule has 1 N–H and O–H groups in total. The monoisotopic (exact) mass is 494 g/mol. The number of rotatable bonds is 6. The number of piperidine rings is 1. The van der Waals surface area contributed by atoms with Gasteiger partial charge in [0.1, 0.15) is 15.4 Å². The van der Waals surface area contributed by atoms with Crippen molar-refractivity contribution < 1.29 is 9.59 Å². The number of halogens is 2. The Kier molecular flexibility index (Phi) is 6.60. The lowest BCUT2D eigenvalue weighted by molar-refractivity contribution is -0.133. The van der Waals surface area contributed by atoms with Gasteiger partial charge in [0, 0.05) is 16.4 Å². The van der Waals surface area contributed by atoms with Crippen molar-refractivity contribution in [3.63, 3.8) is 0 Å². The number of amides is 1. The fourth-order valence-corrected chi connectivity index (χ4v) is 5.20. The molecule has 1 fully saturated rings. The zero-order chi connectivity index (χ0) is 20.3. The van der Waals surface area contributed by atoms with Gasteiger partial charge in [-0.15, -0.1) is 11.8 Å². The fourth-order valence-electron chi connectivity index (χ4n) is 3.00. The molecule has 2 aromatic rings. The maximum atomic E-state index is 13.1. The first-order valence-electron chi connectivity index (χ1n) is 8.22. The summed E-state index contributed by atoms with van der Waals surface area (Å²) in [5.74, 6) is -0.586. The minimum Gasteiger partial charge on any atom is -0.339 e. The Balaban J connectivity index is 2.00. The van der Waals surface area contributed by atoms with Crippen LogP contribution in [0.1, 0.15) is 17.7 Å². The summed E-state index contributed by atoms with van der Waals surface area (Å²) in [6.45, 7) is 7.32. The average molecular weight is 496 g/mol. The largest absolute Gasteiger partial charge is 0.339 e. The number of aromatic nitrogens is 1. The molecule has 3 heterocycles. The number of nitrogens with one attached hydrogen (secondary N) is 1. The number of allylic oxidation sites excluding steroid dienone is 3. The van der Waals surface area contributed by atoms with Crippen LogP contribution in [0.4, 0.5) is 0 Å². The number of pyridine rings is 1. The van der Waals surface area contributed by atoms with E-state index < -0.39 is 10.8 Å². The Bertz CT molecular complexity index is 954. The standard InChI is InChI=1S/C20H16BrClN2O2S2/c1-3-5-15(12(2)22)28-18-14(25)10-20(24-19(18)26,13-8-9-27-11-13)16-6-4-7-17(21)23-16/h3-9,11,18H,1-2,10H2,(H,24,26)/b15-5+. The Labute approximate surface area is 184 Å². The molecule has 4 nitrogen and oxygen atoms in total. The molecule has 0 bridgehead atoms. The minimum absolute atomic E-state index is 0.0900. The zero-order valence-electron chi connectivity index (χ0n) is 14.7. The van der Waals surface area contributed by atoms with Crippen LogP contribution in [-0.2, 0) is 15.1 Å². The number of carbonyl (C=O) groups excluding carboxylic acids is 2. The van der Waals surface area contributed by atoms with Crippen molar-refractivity contribution in [3.05, 3.63) is 86.1 Å². The van der Waals surface area contributed by atoms with Crippen molar-refractivity contribution in [1.29, 1.82) is 0 Å². The summed E-state index contributed by atoms with van der Waals surface area (Å²) in [5, 5.41) is 6.24. The molecule has 0 saturated carbocycles. The summed E-state index contributed by atoms with van der Waals surface area (Å²) in [6.07, 6.45) is 3.27. The van der Waals surface area contributed by atoms with Crippen molar-refractivity contribution >= 4 is 62.3 Å². The fraction of sp³-hybridized carbons (Fsp3) is 0.150. The number of thioether (sulfide) groups is 1. The van der Waals surface area contributed by atoms with Crippen LogP contribution in [0.2, 0.25) is 0 Å². The molecule has 1 aliphatic rings. The van der Waals surface area contributed by atoms with Gasteiger partial charge >= 0.3 is 0 Å². The van der Waals surface area contributed by atoms with Crippen molar-refractivity contribution in [2.75, 3.05) is 0 Å². The zero-order valence-corrected chi connectivity index (χ0v) is 18.6. The van der Waals surface area contributed by atoms with Gasteiger partial charge in [-0.25, -0.2) is 4.98 Å². The highest BCUT2D eigenvalue weighted by Crippen LogP contribution is 2.41. The first-order valence-corrected chi connectivity index (χ1v) is 11.2. The van der Waals surface area contributed by atoms with Crippen molar-refractivity contribution in [2.24, 2.45) is 0 Å². The Morgan fingerprint density at radius 1 is 1.43 bits per heavy atom. The average Bonchev–Trinajstić information content (AvgIpc) is 3.18. The van der Waals surface area contributed by atoms with Crippen LogP contribution in [0.3, 0.4) is 0 Å². The van der Waals surface area contributed by atoms with Crippen LogP contribution in [0.5, 0.6) is 0 Å². The molecular weight excluding hydrogens is 480 g/mol. The molecule has 2 atom stereocenters. The molecule has 28 heavy (non-hydrogen) atoms. The Morgan fingerprint density at radius 3 is 2.79 bits per heavy atom. The number of hydrogen-bond donors (Lipinski definition) is 1. The molecule has 1 aliphatic heterocycles. The number of hydrogen-bond acceptors (Lipinski definition) is 5. The Morgan fingerprint density at radius 2 is 2.21 bits per heavy atom. The summed E-state index contributed by atoms with van der Waals surface area (Å²) in [5.41, 5.74) is 0.431. The summed E-state index contributed by atoms with van der Waals surface area (Å²) in [4.78, 5) is 31.2. The van der Waals surface area contributed by atoms with E-state index in [0.717, 1.165) is 17.3 Å². The molecule has 8 heteroatoms. The van der Waals surface area contributed by atoms with Crippen molar-refractivity contribution in [2.45, 2.75) is 17.2 Å².